The molecule has 0 spiro atoms. The Morgan fingerprint density at radius 1 is 1.09 bits per heavy atom. The molecule has 3 N–H and O–H groups in total. The summed E-state index contributed by atoms with van der Waals surface area (Å²) in [6.45, 7) is 3.24. The van der Waals surface area contributed by atoms with Crippen molar-refractivity contribution in [2.75, 3.05) is 36.5 Å². The number of primary amides is 1. The first kappa shape index (κ1) is 15.4. The number of nitrogens with two attached hydrogens (primary N) is 1. The second kappa shape index (κ2) is 7.15. The highest BCUT2D eigenvalue weighted by Crippen LogP contribution is 2.24. The Morgan fingerprint density at radius 2 is 1.83 bits per heavy atom. The van der Waals surface area contributed by atoms with Gasteiger partial charge in [-0.05, 0) is 23.8 Å². The Labute approximate surface area is 136 Å². The normalized spacial score (nSPS) is 15.9. The van der Waals surface area contributed by atoms with E-state index in [0.29, 0.717) is 0 Å². The molecule has 5 heteroatoms. The molecule has 1 atom stereocenters. The third kappa shape index (κ3) is 3.81. The molecule has 1 heterocycles. The maximum Gasteiger partial charge on any atom is 0.244 e. The number of carbonyl (C=O) groups excluding carboxylic acids is 1. The molecule has 2 aromatic carbocycles. The van der Waals surface area contributed by atoms with Gasteiger partial charge in [0.15, 0.2) is 0 Å². The second-order valence-corrected chi connectivity index (χ2v) is 5.54. The van der Waals surface area contributed by atoms with E-state index in [0.717, 1.165) is 43.2 Å². The van der Waals surface area contributed by atoms with E-state index in [1.54, 1.807) is 0 Å². The monoisotopic (exact) mass is 311 g/mol. The van der Waals surface area contributed by atoms with Gasteiger partial charge in [0.2, 0.25) is 5.91 Å². The summed E-state index contributed by atoms with van der Waals surface area (Å²) < 4.78 is 5.39. The smallest absolute Gasteiger partial charge is 0.244 e. The zero-order chi connectivity index (χ0) is 16.1. The van der Waals surface area contributed by atoms with Gasteiger partial charge in [0.1, 0.15) is 6.04 Å². The van der Waals surface area contributed by atoms with Gasteiger partial charge in [0, 0.05) is 24.5 Å². The van der Waals surface area contributed by atoms with Gasteiger partial charge in [-0.3, -0.25) is 4.79 Å². The van der Waals surface area contributed by atoms with Crippen molar-refractivity contribution in [2.45, 2.75) is 6.04 Å². The Morgan fingerprint density at radius 3 is 2.52 bits per heavy atom. The number of hydrogen-bond donors (Lipinski definition) is 2. The molecular formula is C18H21N3O2. The van der Waals surface area contributed by atoms with E-state index in [1.165, 1.54) is 0 Å². The summed E-state index contributed by atoms with van der Waals surface area (Å²) in [4.78, 5) is 14.1. The van der Waals surface area contributed by atoms with Crippen molar-refractivity contribution >= 4 is 17.3 Å². The molecule has 5 nitrogen and oxygen atoms in total. The van der Waals surface area contributed by atoms with Gasteiger partial charge in [0.25, 0.3) is 0 Å². The van der Waals surface area contributed by atoms with Gasteiger partial charge in [-0.15, -0.1) is 0 Å². The van der Waals surface area contributed by atoms with Crippen LogP contribution >= 0.6 is 0 Å². The molecule has 0 aliphatic carbocycles. The lowest BCUT2D eigenvalue weighted by molar-refractivity contribution is -0.118. The van der Waals surface area contributed by atoms with Crippen LogP contribution in [-0.2, 0) is 9.53 Å². The van der Waals surface area contributed by atoms with Crippen LogP contribution in [0.1, 0.15) is 11.6 Å². The van der Waals surface area contributed by atoms with E-state index in [4.69, 9.17) is 10.5 Å². The van der Waals surface area contributed by atoms with E-state index in [-0.39, 0.29) is 0 Å². The number of rotatable bonds is 5. The maximum atomic E-state index is 11.8. The number of benzene rings is 2. The first-order valence-electron chi connectivity index (χ1n) is 7.77. The molecule has 1 aliphatic rings. The molecule has 23 heavy (non-hydrogen) atoms. The van der Waals surface area contributed by atoms with Crippen LogP contribution in [0.4, 0.5) is 11.4 Å². The highest BCUT2D eigenvalue weighted by atomic mass is 16.5. The van der Waals surface area contributed by atoms with Gasteiger partial charge in [-0.25, -0.2) is 0 Å². The molecule has 0 saturated carbocycles. The van der Waals surface area contributed by atoms with Crippen LogP contribution in [0, 0.1) is 0 Å². The summed E-state index contributed by atoms with van der Waals surface area (Å²) in [6, 6.07) is 17.0. The van der Waals surface area contributed by atoms with Crippen LogP contribution < -0.4 is 16.0 Å². The van der Waals surface area contributed by atoms with Gasteiger partial charge in [-0.2, -0.15) is 0 Å². The molecule has 1 fully saturated rings. The van der Waals surface area contributed by atoms with E-state index in [1.807, 2.05) is 48.5 Å². The second-order valence-electron chi connectivity index (χ2n) is 5.54. The van der Waals surface area contributed by atoms with Crippen molar-refractivity contribution in [3.05, 3.63) is 60.2 Å². The van der Waals surface area contributed by atoms with E-state index in [2.05, 4.69) is 16.3 Å². The van der Waals surface area contributed by atoms with Crippen LogP contribution in [0.2, 0.25) is 0 Å². The van der Waals surface area contributed by atoms with E-state index >= 15 is 0 Å². The molecule has 120 valence electrons. The lowest BCUT2D eigenvalue weighted by Gasteiger charge is -2.29. The van der Waals surface area contributed by atoms with Crippen LogP contribution in [-0.4, -0.2) is 32.2 Å². The van der Waals surface area contributed by atoms with Gasteiger partial charge in [0.05, 0.1) is 13.2 Å². The standard InChI is InChI=1S/C18H21N3O2/c19-18(22)17(14-5-2-1-3-6-14)20-15-7-4-8-16(13-15)21-9-11-23-12-10-21/h1-8,13,17,20H,9-12H2,(H2,19,22). The van der Waals surface area contributed by atoms with E-state index < -0.39 is 11.9 Å². The van der Waals surface area contributed by atoms with E-state index in [9.17, 15) is 4.79 Å². The quantitative estimate of drug-likeness (QED) is 0.888. The SMILES string of the molecule is NC(=O)C(Nc1cccc(N2CCOCC2)c1)c1ccccc1. The lowest BCUT2D eigenvalue weighted by Crippen LogP contribution is -2.36. The Bertz CT molecular complexity index is 654. The van der Waals surface area contributed by atoms with Gasteiger partial charge >= 0.3 is 0 Å². The number of nitrogens with one attached hydrogen (secondary N) is 1. The third-order valence-electron chi connectivity index (χ3n) is 3.95. The van der Waals surface area contributed by atoms with Gasteiger partial charge in [-0.1, -0.05) is 36.4 Å². The fourth-order valence-electron chi connectivity index (χ4n) is 2.74. The van der Waals surface area contributed by atoms with Crippen LogP contribution in [0.3, 0.4) is 0 Å². The first-order chi connectivity index (χ1) is 11.2. The molecule has 0 bridgehead atoms. The molecule has 1 unspecified atom stereocenters. The van der Waals surface area contributed by atoms with Crippen LogP contribution in [0.5, 0.6) is 0 Å². The summed E-state index contributed by atoms with van der Waals surface area (Å²) in [5.41, 5.74) is 8.42. The average molecular weight is 311 g/mol. The molecule has 2 aromatic rings. The number of anilines is 2. The summed E-state index contributed by atoms with van der Waals surface area (Å²) in [7, 11) is 0. The summed E-state index contributed by atoms with van der Waals surface area (Å²) in [6.07, 6.45) is 0. The molecule has 3 rings (SSSR count). The lowest BCUT2D eigenvalue weighted by atomic mass is 10.1. The zero-order valence-electron chi connectivity index (χ0n) is 12.9. The van der Waals surface area contributed by atoms with Gasteiger partial charge < -0.3 is 20.7 Å². The fourth-order valence-corrected chi connectivity index (χ4v) is 2.74. The summed E-state index contributed by atoms with van der Waals surface area (Å²) >= 11 is 0. The summed E-state index contributed by atoms with van der Waals surface area (Å²) in [5, 5.41) is 3.24. The van der Waals surface area contributed by atoms with Crippen molar-refractivity contribution in [3.8, 4) is 0 Å². The fraction of sp³-hybridized carbons (Fsp3) is 0.278. The average Bonchev–Trinajstić information content (AvgIpc) is 2.61. The number of ether oxygens (including phenoxy) is 1. The first-order valence-corrected chi connectivity index (χ1v) is 7.77. The maximum absolute atomic E-state index is 11.8. The number of morpholine rings is 1. The molecule has 1 aliphatic heterocycles. The number of amides is 1. The molecule has 1 amide bonds. The minimum absolute atomic E-state index is 0.395. The van der Waals surface area contributed by atoms with Crippen molar-refractivity contribution < 1.29 is 9.53 Å². The Hall–Kier alpha value is -2.53. The molecule has 1 saturated heterocycles. The van der Waals surface area contributed by atoms with Crippen molar-refractivity contribution in [1.29, 1.82) is 0 Å². The highest BCUT2D eigenvalue weighted by Gasteiger charge is 2.18. The number of nitrogens with zero attached hydrogens (tertiary/aromatic N) is 1. The van der Waals surface area contributed by atoms with Crippen molar-refractivity contribution in [1.82, 2.24) is 0 Å². The molecular weight excluding hydrogens is 290 g/mol. The third-order valence-corrected chi connectivity index (χ3v) is 3.95. The largest absolute Gasteiger partial charge is 0.378 e. The molecule has 0 radical (unpaired) electrons. The zero-order valence-corrected chi connectivity index (χ0v) is 12.9. The predicted molar refractivity (Wildman–Crippen MR) is 91.5 cm³/mol. The summed E-state index contributed by atoms with van der Waals surface area (Å²) in [5.74, 6) is -0.395. The number of carbonyl (C=O) groups is 1. The van der Waals surface area contributed by atoms with Crippen molar-refractivity contribution in [2.24, 2.45) is 5.73 Å². The van der Waals surface area contributed by atoms with Crippen LogP contribution in [0.15, 0.2) is 54.6 Å². The number of hydrogen-bond acceptors (Lipinski definition) is 4. The Kier molecular flexibility index (Phi) is 4.78. The Balaban J connectivity index is 1.79. The topological polar surface area (TPSA) is 67.6 Å². The molecule has 0 aromatic heterocycles. The van der Waals surface area contributed by atoms with Crippen LogP contribution in [0.25, 0.3) is 0 Å². The highest BCUT2D eigenvalue weighted by molar-refractivity contribution is 5.84. The minimum atomic E-state index is -0.545. The predicted octanol–water partition coefficient (Wildman–Crippen LogP) is 2.16. The van der Waals surface area contributed by atoms with Crippen molar-refractivity contribution in [3.63, 3.8) is 0 Å². The minimum Gasteiger partial charge on any atom is -0.378 e.